The van der Waals surface area contributed by atoms with Crippen LogP contribution in [-0.2, 0) is 6.42 Å². The summed E-state index contributed by atoms with van der Waals surface area (Å²) in [7, 11) is 0. The molecule has 1 heteroatoms. The van der Waals surface area contributed by atoms with Gasteiger partial charge in [0.05, 0.1) is 0 Å². The maximum absolute atomic E-state index is 11.8. The average Bonchev–Trinajstić information content (AvgIpc) is 2.16. The van der Waals surface area contributed by atoms with Crippen molar-refractivity contribution in [3.05, 3.63) is 35.4 Å². The summed E-state index contributed by atoms with van der Waals surface area (Å²) in [6.07, 6.45) is 1.58. The van der Waals surface area contributed by atoms with E-state index in [0.717, 1.165) is 17.5 Å². The number of carbonyl (C=O) groups excluding carboxylic acids is 1. The second-order valence-corrected chi connectivity index (χ2v) is 4.03. The third kappa shape index (κ3) is 2.69. The van der Waals surface area contributed by atoms with Crippen molar-refractivity contribution >= 4 is 5.78 Å². The molecule has 0 aromatic heterocycles. The molecule has 0 aliphatic carbocycles. The summed E-state index contributed by atoms with van der Waals surface area (Å²) in [6, 6.07) is 7.90. The van der Waals surface area contributed by atoms with Crippen molar-refractivity contribution in [3.63, 3.8) is 0 Å². The fourth-order valence-corrected chi connectivity index (χ4v) is 1.58. The third-order valence-corrected chi connectivity index (χ3v) is 2.29. The van der Waals surface area contributed by atoms with E-state index in [1.165, 1.54) is 0 Å². The van der Waals surface area contributed by atoms with Crippen LogP contribution in [0.3, 0.4) is 0 Å². The lowest BCUT2D eigenvalue weighted by atomic mass is 9.96. The van der Waals surface area contributed by atoms with Gasteiger partial charge in [0.1, 0.15) is 0 Å². The fraction of sp³-hybridized carbons (Fsp3) is 0.462. The van der Waals surface area contributed by atoms with Crippen molar-refractivity contribution in [1.29, 1.82) is 0 Å². The number of aryl methyl sites for hydroxylation is 1. The molecule has 0 N–H and O–H groups in total. The van der Waals surface area contributed by atoms with Crippen molar-refractivity contribution in [2.24, 2.45) is 5.92 Å². The standard InChI is InChI=1S/C13H18O/c1-4-11-7-5-6-8-12(11)13(14)9-10(2)3/h5-8,10H,4,9H2,1-3H3. The number of carbonyl (C=O) groups is 1. The van der Waals surface area contributed by atoms with Gasteiger partial charge in [-0.3, -0.25) is 4.79 Å². The first kappa shape index (κ1) is 11.0. The molecule has 76 valence electrons. The van der Waals surface area contributed by atoms with Crippen LogP contribution in [0.4, 0.5) is 0 Å². The minimum atomic E-state index is 0.275. The highest BCUT2D eigenvalue weighted by Gasteiger charge is 2.10. The van der Waals surface area contributed by atoms with E-state index in [9.17, 15) is 4.79 Å². The highest BCUT2D eigenvalue weighted by atomic mass is 16.1. The summed E-state index contributed by atoms with van der Waals surface area (Å²) < 4.78 is 0. The lowest BCUT2D eigenvalue weighted by Gasteiger charge is -2.07. The summed E-state index contributed by atoms with van der Waals surface area (Å²) in [6.45, 7) is 6.24. The zero-order chi connectivity index (χ0) is 10.6. The third-order valence-electron chi connectivity index (χ3n) is 2.29. The predicted molar refractivity (Wildman–Crippen MR) is 59.6 cm³/mol. The van der Waals surface area contributed by atoms with Crippen LogP contribution in [0.5, 0.6) is 0 Å². The largest absolute Gasteiger partial charge is 0.294 e. The highest BCUT2D eigenvalue weighted by Crippen LogP contribution is 2.14. The van der Waals surface area contributed by atoms with E-state index < -0.39 is 0 Å². The molecule has 1 aromatic carbocycles. The Kier molecular flexibility index (Phi) is 3.87. The second kappa shape index (κ2) is 4.94. The predicted octanol–water partition coefficient (Wildman–Crippen LogP) is 3.48. The molecule has 1 aromatic rings. The molecule has 0 saturated heterocycles. The van der Waals surface area contributed by atoms with Crippen LogP contribution in [-0.4, -0.2) is 5.78 Å². The molecule has 0 aliphatic heterocycles. The van der Waals surface area contributed by atoms with Gasteiger partial charge in [-0.15, -0.1) is 0 Å². The van der Waals surface area contributed by atoms with Gasteiger partial charge in [-0.25, -0.2) is 0 Å². The molecule has 0 radical (unpaired) electrons. The van der Waals surface area contributed by atoms with Crippen LogP contribution in [0.25, 0.3) is 0 Å². The van der Waals surface area contributed by atoms with E-state index in [4.69, 9.17) is 0 Å². The number of ketones is 1. The maximum Gasteiger partial charge on any atom is 0.163 e. The number of hydrogen-bond donors (Lipinski definition) is 0. The van der Waals surface area contributed by atoms with E-state index in [1.807, 2.05) is 24.3 Å². The first-order chi connectivity index (χ1) is 6.65. The smallest absolute Gasteiger partial charge is 0.163 e. The second-order valence-electron chi connectivity index (χ2n) is 4.03. The van der Waals surface area contributed by atoms with Gasteiger partial charge in [-0.05, 0) is 17.9 Å². The Morgan fingerprint density at radius 1 is 1.29 bits per heavy atom. The lowest BCUT2D eigenvalue weighted by Crippen LogP contribution is -2.06. The molecule has 0 amide bonds. The molecule has 0 aliphatic rings. The topological polar surface area (TPSA) is 17.1 Å². The average molecular weight is 190 g/mol. The van der Waals surface area contributed by atoms with Crippen molar-refractivity contribution in [2.45, 2.75) is 33.6 Å². The van der Waals surface area contributed by atoms with E-state index in [1.54, 1.807) is 0 Å². The summed E-state index contributed by atoms with van der Waals surface area (Å²) in [5.74, 6) is 0.713. The zero-order valence-electron chi connectivity index (χ0n) is 9.21. The van der Waals surface area contributed by atoms with Crippen LogP contribution >= 0.6 is 0 Å². The van der Waals surface area contributed by atoms with Gasteiger partial charge in [0.25, 0.3) is 0 Å². The highest BCUT2D eigenvalue weighted by molar-refractivity contribution is 5.97. The Labute approximate surface area is 86.1 Å². The number of Topliss-reactive ketones (excluding diaryl/α,β-unsaturated/α-hetero) is 1. The molecule has 0 atom stereocenters. The first-order valence-electron chi connectivity index (χ1n) is 5.26. The van der Waals surface area contributed by atoms with Crippen LogP contribution in [0.1, 0.15) is 43.1 Å². The van der Waals surface area contributed by atoms with Crippen molar-refractivity contribution in [3.8, 4) is 0 Å². The Hall–Kier alpha value is -1.11. The van der Waals surface area contributed by atoms with Crippen LogP contribution in [0.15, 0.2) is 24.3 Å². The Balaban J connectivity index is 2.88. The summed E-state index contributed by atoms with van der Waals surface area (Å²) in [4.78, 5) is 11.8. The van der Waals surface area contributed by atoms with Gasteiger partial charge in [0.15, 0.2) is 5.78 Å². The molecule has 0 saturated carbocycles. The van der Waals surface area contributed by atoms with Crippen LogP contribution in [0, 0.1) is 5.92 Å². The van der Waals surface area contributed by atoms with Crippen molar-refractivity contribution in [1.82, 2.24) is 0 Å². The first-order valence-corrected chi connectivity index (χ1v) is 5.26. The molecule has 14 heavy (non-hydrogen) atoms. The molecule has 0 fully saturated rings. The Morgan fingerprint density at radius 3 is 2.50 bits per heavy atom. The van der Waals surface area contributed by atoms with Gasteiger partial charge in [0.2, 0.25) is 0 Å². The van der Waals surface area contributed by atoms with Gasteiger partial charge in [0, 0.05) is 12.0 Å². The van der Waals surface area contributed by atoms with E-state index in [2.05, 4.69) is 20.8 Å². The SMILES string of the molecule is CCc1ccccc1C(=O)CC(C)C. The fourth-order valence-electron chi connectivity index (χ4n) is 1.58. The molecule has 1 nitrogen and oxygen atoms in total. The zero-order valence-corrected chi connectivity index (χ0v) is 9.21. The van der Waals surface area contributed by atoms with Crippen molar-refractivity contribution in [2.75, 3.05) is 0 Å². The number of hydrogen-bond acceptors (Lipinski definition) is 1. The lowest BCUT2D eigenvalue weighted by molar-refractivity contribution is 0.0967. The van der Waals surface area contributed by atoms with E-state index >= 15 is 0 Å². The van der Waals surface area contributed by atoms with Gasteiger partial charge in [-0.2, -0.15) is 0 Å². The quantitative estimate of drug-likeness (QED) is 0.664. The van der Waals surface area contributed by atoms with Crippen LogP contribution < -0.4 is 0 Å². The molecular weight excluding hydrogens is 172 g/mol. The van der Waals surface area contributed by atoms with E-state index in [-0.39, 0.29) is 5.78 Å². The Bertz CT molecular complexity index is 313. The monoisotopic (exact) mass is 190 g/mol. The summed E-state index contributed by atoms with van der Waals surface area (Å²) in [5, 5.41) is 0. The Morgan fingerprint density at radius 2 is 1.93 bits per heavy atom. The normalized spacial score (nSPS) is 10.6. The van der Waals surface area contributed by atoms with Crippen molar-refractivity contribution < 1.29 is 4.79 Å². The maximum atomic E-state index is 11.8. The molecular formula is C13H18O. The van der Waals surface area contributed by atoms with Gasteiger partial charge < -0.3 is 0 Å². The van der Waals surface area contributed by atoms with E-state index in [0.29, 0.717) is 12.3 Å². The molecule has 1 rings (SSSR count). The minimum Gasteiger partial charge on any atom is -0.294 e. The van der Waals surface area contributed by atoms with Gasteiger partial charge >= 0.3 is 0 Å². The summed E-state index contributed by atoms with van der Waals surface area (Å²) in [5.41, 5.74) is 2.07. The number of rotatable bonds is 4. The molecule has 0 unspecified atom stereocenters. The molecule has 0 spiro atoms. The van der Waals surface area contributed by atoms with Gasteiger partial charge in [-0.1, -0.05) is 45.0 Å². The molecule has 0 heterocycles. The van der Waals surface area contributed by atoms with Crippen LogP contribution in [0.2, 0.25) is 0 Å². The molecule has 0 bridgehead atoms. The minimum absolute atomic E-state index is 0.275. The number of benzene rings is 1. The summed E-state index contributed by atoms with van der Waals surface area (Å²) >= 11 is 0.